The SMILES string of the molecule is N#C[C@@]1(c2ccc3cnn(-c4cc(N5CCOC(CO)C5)ncn4)c3c2)CC12CC2. The van der Waals surface area contributed by atoms with Gasteiger partial charge in [-0.15, -0.1) is 0 Å². The number of rotatable bonds is 4. The molecule has 1 unspecified atom stereocenters. The minimum Gasteiger partial charge on any atom is -0.394 e. The van der Waals surface area contributed by atoms with Crippen molar-refractivity contribution in [1.82, 2.24) is 19.7 Å². The fraction of sp³-hybridized carbons (Fsp3) is 0.455. The maximum atomic E-state index is 9.89. The lowest BCUT2D eigenvalue weighted by Gasteiger charge is -2.32. The highest BCUT2D eigenvalue weighted by Crippen LogP contribution is 2.78. The molecule has 0 bridgehead atoms. The quantitative estimate of drug-likeness (QED) is 0.712. The van der Waals surface area contributed by atoms with Crippen molar-refractivity contribution in [2.24, 2.45) is 5.41 Å². The Morgan fingerprint density at radius 1 is 1.23 bits per heavy atom. The number of benzene rings is 1. The lowest BCUT2D eigenvalue weighted by molar-refractivity contribution is 0.00335. The Kier molecular flexibility index (Phi) is 3.70. The zero-order chi connectivity index (χ0) is 20.3. The lowest BCUT2D eigenvalue weighted by atomic mass is 9.93. The molecular weight excluding hydrogens is 380 g/mol. The molecule has 1 aromatic carbocycles. The van der Waals surface area contributed by atoms with Crippen LogP contribution in [0.5, 0.6) is 0 Å². The maximum absolute atomic E-state index is 9.89. The summed E-state index contributed by atoms with van der Waals surface area (Å²) in [4.78, 5) is 11.0. The number of hydrogen-bond acceptors (Lipinski definition) is 7. The highest BCUT2D eigenvalue weighted by atomic mass is 16.5. The van der Waals surface area contributed by atoms with Crippen molar-refractivity contribution in [2.45, 2.75) is 30.8 Å². The van der Waals surface area contributed by atoms with Gasteiger partial charge in [0.15, 0.2) is 5.82 Å². The van der Waals surface area contributed by atoms with E-state index in [9.17, 15) is 10.4 Å². The fourth-order valence-electron chi connectivity index (χ4n) is 4.98. The number of nitriles is 1. The summed E-state index contributed by atoms with van der Waals surface area (Å²) in [5.74, 6) is 1.47. The molecule has 1 N–H and O–H groups in total. The van der Waals surface area contributed by atoms with Crippen LogP contribution in [0.4, 0.5) is 5.82 Å². The van der Waals surface area contributed by atoms with E-state index in [0.29, 0.717) is 25.5 Å². The van der Waals surface area contributed by atoms with Gasteiger partial charge in [0.1, 0.15) is 12.1 Å². The van der Waals surface area contributed by atoms with Crippen molar-refractivity contribution in [3.8, 4) is 11.9 Å². The van der Waals surface area contributed by atoms with Crippen LogP contribution in [0, 0.1) is 16.7 Å². The Hall–Kier alpha value is -3.02. The average Bonchev–Trinajstić information content (AvgIpc) is 3.68. The molecule has 3 fully saturated rings. The van der Waals surface area contributed by atoms with E-state index in [1.165, 1.54) is 0 Å². The van der Waals surface area contributed by atoms with Gasteiger partial charge in [0, 0.05) is 24.5 Å². The molecule has 0 amide bonds. The number of hydrogen-bond donors (Lipinski definition) is 1. The molecule has 2 saturated carbocycles. The standard InChI is InChI=1S/C22H22N6O2/c23-13-22(12-21(22)3-4-21)16-2-1-15-9-26-28(18(15)7-16)20-8-19(24-14-25-20)27-5-6-30-17(10-27)11-29/h1-2,7-9,14,17,29H,3-6,10-12H2/t17?,22-/m1/s1. The number of ether oxygens (including phenoxy) is 1. The topological polar surface area (TPSA) is 100 Å². The Balaban J connectivity index is 1.38. The predicted molar refractivity (Wildman–Crippen MR) is 109 cm³/mol. The number of anilines is 1. The fourth-order valence-corrected chi connectivity index (χ4v) is 4.98. The van der Waals surface area contributed by atoms with Crippen molar-refractivity contribution in [2.75, 3.05) is 31.2 Å². The molecule has 2 aliphatic carbocycles. The van der Waals surface area contributed by atoms with Crippen molar-refractivity contribution >= 4 is 16.7 Å². The van der Waals surface area contributed by atoms with E-state index >= 15 is 0 Å². The molecule has 6 rings (SSSR count). The number of aromatic nitrogens is 4. The first-order chi connectivity index (χ1) is 14.7. The zero-order valence-corrected chi connectivity index (χ0v) is 16.5. The molecule has 1 aliphatic heterocycles. The molecule has 1 saturated heterocycles. The maximum Gasteiger partial charge on any atom is 0.159 e. The van der Waals surface area contributed by atoms with Crippen LogP contribution in [0.25, 0.3) is 16.7 Å². The average molecular weight is 402 g/mol. The van der Waals surface area contributed by atoms with Crippen LogP contribution in [0.2, 0.25) is 0 Å². The van der Waals surface area contributed by atoms with Crippen molar-refractivity contribution in [3.63, 3.8) is 0 Å². The summed E-state index contributed by atoms with van der Waals surface area (Å²) in [6, 6.07) is 10.8. The van der Waals surface area contributed by atoms with Gasteiger partial charge >= 0.3 is 0 Å². The monoisotopic (exact) mass is 402 g/mol. The second-order valence-corrected chi connectivity index (χ2v) is 8.66. The van der Waals surface area contributed by atoms with Crippen LogP contribution in [-0.2, 0) is 10.2 Å². The number of morpholine rings is 1. The van der Waals surface area contributed by atoms with Crippen LogP contribution < -0.4 is 4.90 Å². The Bertz CT molecular complexity index is 1180. The molecule has 152 valence electrons. The van der Waals surface area contributed by atoms with Gasteiger partial charge in [-0.2, -0.15) is 10.4 Å². The summed E-state index contributed by atoms with van der Waals surface area (Å²) in [6.45, 7) is 1.84. The number of aliphatic hydroxyl groups is 1. The summed E-state index contributed by atoms with van der Waals surface area (Å²) in [5.41, 5.74) is 1.93. The van der Waals surface area contributed by atoms with E-state index in [-0.39, 0.29) is 23.5 Å². The molecule has 3 aliphatic rings. The third-order valence-corrected chi connectivity index (χ3v) is 7.01. The number of nitrogens with zero attached hydrogens (tertiary/aromatic N) is 6. The van der Waals surface area contributed by atoms with Crippen LogP contribution in [0.3, 0.4) is 0 Å². The minimum absolute atomic E-state index is 0.0108. The first-order valence-corrected chi connectivity index (χ1v) is 10.4. The van der Waals surface area contributed by atoms with Crippen LogP contribution in [-0.4, -0.2) is 57.3 Å². The van der Waals surface area contributed by atoms with Crippen molar-refractivity contribution in [1.29, 1.82) is 5.26 Å². The number of fused-ring (bicyclic) bond motifs is 1. The molecule has 2 aromatic heterocycles. The molecule has 3 aromatic rings. The summed E-state index contributed by atoms with van der Waals surface area (Å²) < 4.78 is 7.36. The lowest BCUT2D eigenvalue weighted by Crippen LogP contribution is -2.44. The van der Waals surface area contributed by atoms with Gasteiger partial charge in [0.05, 0.1) is 42.5 Å². The smallest absolute Gasteiger partial charge is 0.159 e. The van der Waals surface area contributed by atoms with Gasteiger partial charge in [-0.1, -0.05) is 12.1 Å². The van der Waals surface area contributed by atoms with Gasteiger partial charge in [-0.25, -0.2) is 14.6 Å². The van der Waals surface area contributed by atoms with E-state index in [4.69, 9.17) is 4.74 Å². The van der Waals surface area contributed by atoms with Crippen LogP contribution >= 0.6 is 0 Å². The van der Waals surface area contributed by atoms with E-state index < -0.39 is 0 Å². The number of aliphatic hydroxyl groups excluding tert-OH is 1. The zero-order valence-electron chi connectivity index (χ0n) is 16.5. The van der Waals surface area contributed by atoms with Gasteiger partial charge < -0.3 is 14.7 Å². The third-order valence-electron chi connectivity index (χ3n) is 7.01. The molecular formula is C22H22N6O2. The van der Waals surface area contributed by atoms with E-state index in [1.54, 1.807) is 6.33 Å². The minimum atomic E-state index is -0.333. The molecule has 30 heavy (non-hydrogen) atoms. The molecule has 2 atom stereocenters. The summed E-state index contributed by atoms with van der Waals surface area (Å²) in [5, 5.41) is 24.9. The second kappa shape index (κ2) is 6.24. The van der Waals surface area contributed by atoms with Crippen molar-refractivity contribution < 1.29 is 9.84 Å². The summed E-state index contributed by atoms with van der Waals surface area (Å²) in [7, 11) is 0. The van der Waals surface area contributed by atoms with Crippen molar-refractivity contribution in [3.05, 3.63) is 42.4 Å². The van der Waals surface area contributed by atoms with Gasteiger partial charge in [-0.05, 0) is 36.3 Å². The first-order valence-electron chi connectivity index (χ1n) is 10.4. The normalized spacial score (nSPS) is 26.7. The Morgan fingerprint density at radius 3 is 2.87 bits per heavy atom. The molecule has 8 nitrogen and oxygen atoms in total. The molecule has 1 spiro atoms. The van der Waals surface area contributed by atoms with E-state index in [0.717, 1.165) is 41.5 Å². The Labute approximate surface area is 173 Å². The highest BCUT2D eigenvalue weighted by Gasteiger charge is 2.75. The summed E-state index contributed by atoms with van der Waals surface area (Å²) in [6.07, 6.45) is 6.44. The Morgan fingerprint density at radius 2 is 2.10 bits per heavy atom. The third kappa shape index (κ3) is 2.49. The van der Waals surface area contributed by atoms with Crippen LogP contribution in [0.1, 0.15) is 24.8 Å². The largest absolute Gasteiger partial charge is 0.394 e. The molecule has 0 radical (unpaired) electrons. The van der Waals surface area contributed by atoms with Gasteiger partial charge in [0.25, 0.3) is 0 Å². The molecule has 8 heteroatoms. The summed E-state index contributed by atoms with van der Waals surface area (Å²) >= 11 is 0. The van der Waals surface area contributed by atoms with E-state index in [1.807, 2.05) is 16.9 Å². The molecule has 3 heterocycles. The van der Waals surface area contributed by atoms with E-state index in [2.05, 4.69) is 44.2 Å². The van der Waals surface area contributed by atoms with Crippen LogP contribution in [0.15, 0.2) is 36.8 Å². The van der Waals surface area contributed by atoms with Gasteiger partial charge in [0.2, 0.25) is 0 Å². The van der Waals surface area contributed by atoms with Gasteiger partial charge in [-0.3, -0.25) is 0 Å². The predicted octanol–water partition coefficient (Wildman–Crippen LogP) is 1.96. The second-order valence-electron chi connectivity index (χ2n) is 8.66. The highest BCUT2D eigenvalue weighted by molar-refractivity contribution is 5.81. The first kappa shape index (κ1) is 17.8.